The first-order valence-corrected chi connectivity index (χ1v) is 9.57. The zero-order chi connectivity index (χ0) is 19.1. The van der Waals surface area contributed by atoms with Crippen LogP contribution in [0.1, 0.15) is 17.2 Å². The van der Waals surface area contributed by atoms with E-state index in [0.717, 1.165) is 37.7 Å². The van der Waals surface area contributed by atoms with Crippen LogP contribution in [0.4, 0.5) is 0 Å². The van der Waals surface area contributed by atoms with Crippen molar-refractivity contribution in [1.82, 2.24) is 9.80 Å². The molecular weight excluding hydrogens is 403 g/mol. The molecule has 7 heteroatoms. The third kappa shape index (κ3) is 7.20. The van der Waals surface area contributed by atoms with E-state index in [-0.39, 0.29) is 64.0 Å². The Balaban J connectivity index is 0.00000280. The number of benzene rings is 2. The van der Waals surface area contributed by atoms with Crippen molar-refractivity contribution in [1.29, 1.82) is 0 Å². The number of hydrogen-bond donors (Lipinski definition) is 1. The number of carbonyl (C=O) groups is 1. The van der Waals surface area contributed by atoms with Gasteiger partial charge in [0.25, 0.3) is 0 Å². The summed E-state index contributed by atoms with van der Waals surface area (Å²) >= 11 is 6.08. The Morgan fingerprint density at radius 2 is 1.61 bits per heavy atom. The van der Waals surface area contributed by atoms with Gasteiger partial charge in [0.15, 0.2) is 0 Å². The molecule has 0 saturated carbocycles. The van der Waals surface area contributed by atoms with Gasteiger partial charge in [0.05, 0.1) is 12.6 Å². The second kappa shape index (κ2) is 12.4. The second-order valence-corrected chi connectivity index (χ2v) is 7.13. The summed E-state index contributed by atoms with van der Waals surface area (Å²) in [6.07, 6.45) is 0. The summed E-state index contributed by atoms with van der Waals surface area (Å²) in [4.78, 5) is 15.3. The van der Waals surface area contributed by atoms with Crippen molar-refractivity contribution in [2.24, 2.45) is 0 Å². The number of aliphatic carboxylic acids is 1. The van der Waals surface area contributed by atoms with Crippen molar-refractivity contribution in [2.75, 3.05) is 45.9 Å². The van der Waals surface area contributed by atoms with Crippen molar-refractivity contribution >= 4 is 69.0 Å². The van der Waals surface area contributed by atoms with Gasteiger partial charge in [-0.15, -0.1) is 0 Å². The number of nitrogens with zero attached hydrogens (tertiary/aromatic N) is 2. The molecule has 1 aliphatic heterocycles. The van der Waals surface area contributed by atoms with E-state index in [1.54, 1.807) is 0 Å². The Morgan fingerprint density at radius 3 is 2.21 bits per heavy atom. The van der Waals surface area contributed by atoms with Crippen LogP contribution in [0.15, 0.2) is 54.6 Å². The van der Waals surface area contributed by atoms with E-state index < -0.39 is 5.97 Å². The van der Waals surface area contributed by atoms with Gasteiger partial charge >= 0.3 is 57.4 Å². The van der Waals surface area contributed by atoms with E-state index >= 15 is 0 Å². The van der Waals surface area contributed by atoms with Gasteiger partial charge in [0, 0.05) is 37.7 Å². The van der Waals surface area contributed by atoms with Crippen molar-refractivity contribution in [2.45, 2.75) is 6.04 Å². The molecule has 28 heavy (non-hydrogen) atoms. The minimum atomic E-state index is -0.923. The molecule has 0 aliphatic carbocycles. The zero-order valence-corrected chi connectivity index (χ0v) is 16.0. The first-order chi connectivity index (χ1) is 13.1. The molecule has 5 nitrogen and oxygen atoms in total. The average molecular weight is 429 g/mol. The molecule has 0 aromatic heterocycles. The summed E-state index contributed by atoms with van der Waals surface area (Å²) in [5.41, 5.74) is 2.52. The third-order valence-electron chi connectivity index (χ3n) is 4.85. The quantitative estimate of drug-likeness (QED) is 0.517. The summed E-state index contributed by atoms with van der Waals surface area (Å²) in [6.45, 7) is 4.75. The van der Waals surface area contributed by atoms with Crippen LogP contribution in [0.2, 0.25) is 5.02 Å². The SMILES string of the molecule is O=C(O)COCCN1CCN([C@H](c2ccccc2)c2ccc(Cl)cc2)CC1.[KH]. The third-order valence-corrected chi connectivity index (χ3v) is 5.10. The molecule has 0 bridgehead atoms. The van der Waals surface area contributed by atoms with E-state index in [1.165, 1.54) is 11.1 Å². The molecule has 1 heterocycles. The second-order valence-electron chi connectivity index (χ2n) is 6.69. The van der Waals surface area contributed by atoms with Crippen LogP contribution in [-0.2, 0) is 9.53 Å². The van der Waals surface area contributed by atoms with E-state index in [1.807, 2.05) is 18.2 Å². The number of ether oxygens (including phenoxy) is 1. The van der Waals surface area contributed by atoms with Gasteiger partial charge in [-0.2, -0.15) is 0 Å². The molecule has 1 atom stereocenters. The first-order valence-electron chi connectivity index (χ1n) is 9.20. The maximum atomic E-state index is 10.5. The summed E-state index contributed by atoms with van der Waals surface area (Å²) in [7, 11) is 0. The summed E-state index contributed by atoms with van der Waals surface area (Å²) in [6, 6.07) is 18.8. The van der Waals surface area contributed by atoms with Gasteiger partial charge in [-0.25, -0.2) is 4.79 Å². The molecule has 0 radical (unpaired) electrons. The van der Waals surface area contributed by atoms with E-state index in [4.69, 9.17) is 21.4 Å². The Hall–Kier alpha value is -0.284. The van der Waals surface area contributed by atoms with Crippen molar-refractivity contribution in [3.63, 3.8) is 0 Å². The average Bonchev–Trinajstić information content (AvgIpc) is 2.69. The molecule has 2 aromatic rings. The van der Waals surface area contributed by atoms with Crippen LogP contribution in [0, 0.1) is 0 Å². The fraction of sp³-hybridized carbons (Fsp3) is 0.381. The molecule has 146 valence electrons. The fourth-order valence-corrected chi connectivity index (χ4v) is 3.62. The normalized spacial score (nSPS) is 16.3. The van der Waals surface area contributed by atoms with Gasteiger partial charge in [-0.05, 0) is 23.3 Å². The van der Waals surface area contributed by atoms with Crippen LogP contribution < -0.4 is 0 Å². The van der Waals surface area contributed by atoms with Gasteiger partial charge in [0.2, 0.25) is 0 Å². The maximum absolute atomic E-state index is 10.5. The number of hydrogen-bond acceptors (Lipinski definition) is 4. The molecule has 2 aromatic carbocycles. The van der Waals surface area contributed by atoms with Crippen molar-refractivity contribution < 1.29 is 14.6 Å². The van der Waals surface area contributed by atoms with Crippen molar-refractivity contribution in [3.05, 3.63) is 70.7 Å². The first kappa shape index (κ1) is 24.0. The Bertz CT molecular complexity index is 722. The predicted molar refractivity (Wildman–Crippen MR) is 113 cm³/mol. The van der Waals surface area contributed by atoms with E-state index in [9.17, 15) is 4.79 Å². The van der Waals surface area contributed by atoms with Gasteiger partial charge in [0.1, 0.15) is 6.61 Å². The van der Waals surface area contributed by atoms with E-state index in [0.29, 0.717) is 6.61 Å². The minimum absolute atomic E-state index is 0. The van der Waals surface area contributed by atoms with E-state index in [2.05, 4.69) is 46.2 Å². The van der Waals surface area contributed by atoms with Crippen LogP contribution in [0.3, 0.4) is 0 Å². The number of halogens is 1. The fourth-order valence-electron chi connectivity index (χ4n) is 3.49. The molecule has 1 N–H and O–H groups in total. The molecule has 3 rings (SSSR count). The number of carboxylic acids is 1. The Kier molecular flexibility index (Phi) is 10.6. The van der Waals surface area contributed by atoms with Gasteiger partial charge in [-0.1, -0.05) is 54.1 Å². The molecule has 0 spiro atoms. The molecule has 1 fully saturated rings. The van der Waals surface area contributed by atoms with Crippen molar-refractivity contribution in [3.8, 4) is 0 Å². The Morgan fingerprint density at radius 1 is 1.00 bits per heavy atom. The number of piperazine rings is 1. The summed E-state index contributed by atoms with van der Waals surface area (Å²) in [5.74, 6) is -0.923. The molecule has 0 unspecified atom stereocenters. The topological polar surface area (TPSA) is 53.0 Å². The van der Waals surface area contributed by atoms with Crippen LogP contribution >= 0.6 is 11.6 Å². The van der Waals surface area contributed by atoms with Gasteiger partial charge < -0.3 is 9.84 Å². The predicted octanol–water partition coefficient (Wildman–Crippen LogP) is 2.50. The number of carboxylic acid groups (broad SMARTS) is 1. The Labute approximate surface area is 214 Å². The van der Waals surface area contributed by atoms with Gasteiger partial charge in [-0.3, -0.25) is 9.80 Å². The molecule has 1 saturated heterocycles. The van der Waals surface area contributed by atoms with Crippen LogP contribution in [0.5, 0.6) is 0 Å². The zero-order valence-electron chi connectivity index (χ0n) is 15.3. The molecular formula is C21H26ClKN2O3. The molecule has 0 amide bonds. The summed E-state index contributed by atoms with van der Waals surface area (Å²) < 4.78 is 5.15. The van der Waals surface area contributed by atoms with Crippen LogP contribution in [0.25, 0.3) is 0 Å². The summed E-state index contributed by atoms with van der Waals surface area (Å²) in [5, 5.41) is 9.37. The van der Waals surface area contributed by atoms with Crippen LogP contribution in [-0.4, -0.2) is 118 Å². The standard InChI is InChI=1S/C21H25ClN2O3.K.H/c22-19-8-6-18(7-9-19)21(17-4-2-1-3-5-17)24-12-10-23(11-13-24)14-15-27-16-20(25)26;;/h1-9,21H,10-16H2,(H,25,26);;/t21-;;/m1../s1. The monoisotopic (exact) mass is 428 g/mol. The number of rotatable bonds is 8. The molecule has 1 aliphatic rings.